The van der Waals surface area contributed by atoms with Crippen molar-refractivity contribution >= 4 is 0 Å². The van der Waals surface area contributed by atoms with Crippen LogP contribution in [0.5, 0.6) is 0 Å². The molecule has 0 saturated carbocycles. The molecule has 49 heavy (non-hydrogen) atoms. The number of hydrogen-bond donors (Lipinski definition) is 0. The zero-order valence-electron chi connectivity index (χ0n) is 28.6. The lowest BCUT2D eigenvalue weighted by Crippen LogP contribution is -2.38. The molecule has 9 rings (SSSR count). The molecule has 0 amide bonds. The van der Waals surface area contributed by atoms with Crippen molar-refractivity contribution in [2.24, 2.45) is 0 Å². The third kappa shape index (κ3) is 3.93. The van der Waals surface area contributed by atoms with Crippen LogP contribution in [-0.2, 0) is 16.2 Å². The van der Waals surface area contributed by atoms with Crippen LogP contribution in [-0.4, -0.2) is 6.18 Å². The van der Waals surface area contributed by atoms with E-state index in [1.807, 2.05) is 18.2 Å². The van der Waals surface area contributed by atoms with E-state index in [0.717, 1.165) is 11.1 Å². The summed E-state index contributed by atoms with van der Waals surface area (Å²) in [6.07, 6.45) is -4.43. The maximum atomic E-state index is 14.8. The van der Waals surface area contributed by atoms with Crippen LogP contribution in [0.4, 0.5) is 13.2 Å². The third-order valence-electron chi connectivity index (χ3n) is 12.1. The number of rotatable bonds is 2. The van der Waals surface area contributed by atoms with Crippen molar-refractivity contribution < 1.29 is 13.2 Å². The van der Waals surface area contributed by atoms with Crippen LogP contribution in [0.2, 0.25) is 0 Å². The molecular formula is C46H37F3. The van der Waals surface area contributed by atoms with Crippen LogP contribution >= 0.6 is 0 Å². The predicted octanol–water partition coefficient (Wildman–Crippen LogP) is 12.8. The first kappa shape index (κ1) is 30.2. The van der Waals surface area contributed by atoms with Crippen LogP contribution in [0.15, 0.2) is 115 Å². The second kappa shape index (κ2) is 9.63. The molecule has 242 valence electrons. The molecule has 0 radical (unpaired) electrons. The van der Waals surface area contributed by atoms with Crippen molar-refractivity contribution in [2.75, 3.05) is 0 Å². The number of alkyl halides is 3. The van der Waals surface area contributed by atoms with E-state index in [-0.39, 0.29) is 10.8 Å². The Bertz CT molecular complexity index is 2400. The summed E-state index contributed by atoms with van der Waals surface area (Å²) in [7, 11) is 0. The Morgan fingerprint density at radius 1 is 0.388 bits per heavy atom. The summed E-state index contributed by atoms with van der Waals surface area (Å²) in [5, 5.41) is 0. The van der Waals surface area contributed by atoms with Gasteiger partial charge in [-0.05, 0) is 127 Å². The molecule has 3 aliphatic carbocycles. The molecule has 0 aromatic heterocycles. The van der Waals surface area contributed by atoms with Crippen molar-refractivity contribution in [1.82, 2.24) is 0 Å². The van der Waals surface area contributed by atoms with Crippen molar-refractivity contribution in [1.29, 1.82) is 0 Å². The quantitative estimate of drug-likeness (QED) is 0.176. The molecule has 0 heterocycles. The van der Waals surface area contributed by atoms with E-state index < -0.39 is 11.6 Å². The fraction of sp³-hybridized carbons (Fsp3) is 0.217. The molecule has 6 aromatic carbocycles. The van der Waals surface area contributed by atoms with Gasteiger partial charge in [-0.2, -0.15) is 13.2 Å². The van der Waals surface area contributed by atoms with Gasteiger partial charge in [0.15, 0.2) is 0 Å². The Morgan fingerprint density at radius 2 is 0.735 bits per heavy atom. The van der Waals surface area contributed by atoms with Crippen molar-refractivity contribution in [2.45, 2.75) is 64.0 Å². The maximum absolute atomic E-state index is 14.8. The Labute approximate surface area is 286 Å². The van der Waals surface area contributed by atoms with Crippen LogP contribution in [0.25, 0.3) is 55.6 Å². The minimum absolute atomic E-state index is 0.0762. The Kier molecular flexibility index (Phi) is 5.93. The molecule has 0 saturated heterocycles. The third-order valence-corrected chi connectivity index (χ3v) is 12.1. The Morgan fingerprint density at radius 3 is 1.18 bits per heavy atom. The highest BCUT2D eigenvalue weighted by Gasteiger charge is 2.58. The molecular weight excluding hydrogens is 610 g/mol. The van der Waals surface area contributed by atoms with Gasteiger partial charge in [0, 0.05) is 10.8 Å². The lowest BCUT2D eigenvalue weighted by atomic mass is 9.78. The van der Waals surface area contributed by atoms with E-state index in [1.54, 1.807) is 24.3 Å². The standard InChI is InChI=1S/C46H37F3/c1-26-11-16-32-33-17-12-27(22-39(33)43(2,3)38(32)21-26)28-13-18-34-35-19-14-29(24-41(35)44(4,5)40(34)23-28)30-15-20-36-31-9-7-8-10-37(31)45(6,42(36)25-30)46(47,48)49/h7-25H,1-6H3. The molecule has 0 aliphatic heterocycles. The highest BCUT2D eigenvalue weighted by atomic mass is 19.4. The van der Waals surface area contributed by atoms with E-state index in [9.17, 15) is 13.2 Å². The number of hydrogen-bond acceptors (Lipinski definition) is 0. The zero-order chi connectivity index (χ0) is 34.2. The number of aryl methyl sites for hydroxylation is 1. The summed E-state index contributed by atoms with van der Waals surface area (Å²) < 4.78 is 44.4. The molecule has 0 nitrogen and oxygen atoms in total. The maximum Gasteiger partial charge on any atom is 0.402 e. The van der Waals surface area contributed by atoms with E-state index >= 15 is 0 Å². The average Bonchev–Trinajstić information content (AvgIpc) is 3.58. The molecule has 3 heteroatoms. The monoisotopic (exact) mass is 646 g/mol. The topological polar surface area (TPSA) is 0 Å². The van der Waals surface area contributed by atoms with Gasteiger partial charge in [0.2, 0.25) is 0 Å². The zero-order valence-corrected chi connectivity index (χ0v) is 28.6. The Hall–Kier alpha value is -4.89. The van der Waals surface area contributed by atoms with E-state index in [1.165, 1.54) is 68.1 Å². The molecule has 1 unspecified atom stereocenters. The van der Waals surface area contributed by atoms with Gasteiger partial charge in [-0.1, -0.05) is 124 Å². The highest BCUT2D eigenvalue weighted by molar-refractivity contribution is 5.89. The number of fused-ring (bicyclic) bond motifs is 9. The number of benzene rings is 6. The smallest absolute Gasteiger partial charge is 0.170 e. The largest absolute Gasteiger partial charge is 0.402 e. The fourth-order valence-corrected chi connectivity index (χ4v) is 9.10. The summed E-state index contributed by atoms with van der Waals surface area (Å²) in [6, 6.07) is 39.5. The molecule has 0 spiro atoms. The van der Waals surface area contributed by atoms with Gasteiger partial charge < -0.3 is 0 Å². The van der Waals surface area contributed by atoms with Gasteiger partial charge >= 0.3 is 6.18 Å². The highest BCUT2D eigenvalue weighted by Crippen LogP contribution is 2.58. The van der Waals surface area contributed by atoms with Gasteiger partial charge in [-0.25, -0.2) is 0 Å². The lowest BCUT2D eigenvalue weighted by Gasteiger charge is -2.30. The summed E-state index contributed by atoms with van der Waals surface area (Å²) in [5.74, 6) is 0. The van der Waals surface area contributed by atoms with Crippen LogP contribution < -0.4 is 0 Å². The van der Waals surface area contributed by atoms with Gasteiger partial charge in [-0.15, -0.1) is 0 Å². The first-order valence-electron chi connectivity index (χ1n) is 17.1. The molecule has 0 N–H and O–H groups in total. The number of halogens is 3. The van der Waals surface area contributed by atoms with Gasteiger partial charge in [-0.3, -0.25) is 0 Å². The van der Waals surface area contributed by atoms with Crippen molar-refractivity contribution in [3.8, 4) is 55.6 Å². The minimum Gasteiger partial charge on any atom is -0.170 e. The molecule has 6 aromatic rings. The van der Waals surface area contributed by atoms with Crippen LogP contribution in [0.1, 0.15) is 73.6 Å². The summed E-state index contributed by atoms with van der Waals surface area (Å²) in [6.45, 7) is 12.6. The van der Waals surface area contributed by atoms with Crippen molar-refractivity contribution in [3.63, 3.8) is 0 Å². The first-order valence-corrected chi connectivity index (χ1v) is 17.1. The predicted molar refractivity (Wildman–Crippen MR) is 195 cm³/mol. The second-order valence-corrected chi connectivity index (χ2v) is 15.5. The lowest BCUT2D eigenvalue weighted by molar-refractivity contribution is -0.172. The summed E-state index contributed by atoms with van der Waals surface area (Å²) in [5.41, 5.74) is 15.2. The Balaban J connectivity index is 1.10. The fourth-order valence-electron chi connectivity index (χ4n) is 9.10. The van der Waals surface area contributed by atoms with E-state index in [0.29, 0.717) is 22.3 Å². The first-order chi connectivity index (χ1) is 23.2. The average molecular weight is 647 g/mol. The second-order valence-electron chi connectivity index (χ2n) is 15.5. The molecule has 3 aliphatic rings. The molecule has 0 bridgehead atoms. The van der Waals surface area contributed by atoms with E-state index in [4.69, 9.17) is 0 Å². The minimum atomic E-state index is -4.43. The molecule has 0 fully saturated rings. The molecule has 1 atom stereocenters. The van der Waals surface area contributed by atoms with E-state index in [2.05, 4.69) is 107 Å². The van der Waals surface area contributed by atoms with Gasteiger partial charge in [0.1, 0.15) is 5.41 Å². The normalized spacial score (nSPS) is 18.7. The van der Waals surface area contributed by atoms with Crippen LogP contribution in [0.3, 0.4) is 0 Å². The van der Waals surface area contributed by atoms with Crippen molar-refractivity contribution in [3.05, 3.63) is 154 Å². The van der Waals surface area contributed by atoms with Gasteiger partial charge in [0.25, 0.3) is 0 Å². The summed E-state index contributed by atoms with van der Waals surface area (Å²) in [4.78, 5) is 0. The van der Waals surface area contributed by atoms with Gasteiger partial charge in [0.05, 0.1) is 0 Å². The SMILES string of the molecule is Cc1ccc2c(c1)C(C)(C)c1cc(-c3ccc4c(c3)C(C)(C)c3cc(-c5ccc6c(c5)C(C)(C(F)(F)F)c5ccccc5-6)ccc3-4)ccc1-2. The van der Waals surface area contributed by atoms with Crippen LogP contribution in [0, 0.1) is 6.92 Å². The summed E-state index contributed by atoms with van der Waals surface area (Å²) >= 11 is 0.